The molecule has 0 radical (unpaired) electrons. The molecule has 0 amide bonds. The van der Waals surface area contributed by atoms with Crippen LogP contribution in [0.25, 0.3) is 11.3 Å². The molecule has 1 N–H and O–H groups in total. The predicted octanol–water partition coefficient (Wildman–Crippen LogP) is 4.25. The molecule has 0 saturated heterocycles. The van der Waals surface area contributed by atoms with E-state index < -0.39 is 21.8 Å². The Kier molecular flexibility index (Phi) is 5.90. The van der Waals surface area contributed by atoms with Crippen molar-refractivity contribution in [2.45, 2.75) is 17.6 Å². The van der Waals surface area contributed by atoms with E-state index in [1.54, 1.807) is 49.7 Å². The summed E-state index contributed by atoms with van der Waals surface area (Å²) in [6, 6.07) is 13.9. The van der Waals surface area contributed by atoms with Crippen molar-refractivity contribution in [2.75, 3.05) is 7.11 Å². The van der Waals surface area contributed by atoms with Crippen molar-refractivity contribution in [3.8, 4) is 17.0 Å². The normalized spacial score (nSPS) is 12.0. The Labute approximate surface area is 166 Å². The summed E-state index contributed by atoms with van der Waals surface area (Å²) < 4.78 is 70.4. The summed E-state index contributed by atoms with van der Waals surface area (Å²) in [5.41, 5.74) is 1.07. The number of hydrogen-bond acceptors (Lipinski definition) is 4. The van der Waals surface area contributed by atoms with Crippen LogP contribution in [0, 0.1) is 0 Å². The lowest BCUT2D eigenvalue weighted by molar-refractivity contribution is -0.137. The van der Waals surface area contributed by atoms with Crippen molar-refractivity contribution in [1.29, 1.82) is 0 Å². The lowest BCUT2D eigenvalue weighted by Gasteiger charge is -2.12. The summed E-state index contributed by atoms with van der Waals surface area (Å²) >= 11 is 0. The molecule has 0 fully saturated rings. The van der Waals surface area contributed by atoms with Crippen molar-refractivity contribution >= 4 is 10.0 Å². The molecule has 3 aromatic rings. The molecular formula is C20H17F3N2O3S. The summed E-state index contributed by atoms with van der Waals surface area (Å²) in [6.45, 7) is -0.0709. The zero-order chi connectivity index (χ0) is 21.1. The monoisotopic (exact) mass is 422 g/mol. The van der Waals surface area contributed by atoms with Gasteiger partial charge in [0.05, 0.1) is 23.3 Å². The van der Waals surface area contributed by atoms with Crippen LogP contribution in [-0.2, 0) is 22.7 Å². The van der Waals surface area contributed by atoms with E-state index in [2.05, 4.69) is 9.71 Å². The Bertz CT molecular complexity index is 1080. The number of benzene rings is 2. The highest BCUT2D eigenvalue weighted by Gasteiger charge is 2.30. The molecule has 0 aliphatic heterocycles. The first-order chi connectivity index (χ1) is 13.7. The molecule has 1 heterocycles. The molecule has 0 unspecified atom stereocenters. The highest BCUT2D eigenvalue weighted by Crippen LogP contribution is 2.30. The molecule has 1 aromatic heterocycles. The van der Waals surface area contributed by atoms with Gasteiger partial charge < -0.3 is 4.74 Å². The fourth-order valence-electron chi connectivity index (χ4n) is 2.67. The Balaban J connectivity index is 1.80. The molecule has 0 saturated carbocycles. The summed E-state index contributed by atoms with van der Waals surface area (Å²) in [6.07, 6.45) is -2.94. The SMILES string of the molecule is COc1ccc(-c2ncccc2CNS(=O)(=O)c2ccc(C(F)(F)F)cc2)cc1. The topological polar surface area (TPSA) is 68.3 Å². The van der Waals surface area contributed by atoms with Crippen LogP contribution in [0.3, 0.4) is 0 Å². The highest BCUT2D eigenvalue weighted by atomic mass is 32.2. The van der Waals surface area contributed by atoms with Crippen LogP contribution in [0.15, 0.2) is 71.8 Å². The van der Waals surface area contributed by atoms with E-state index >= 15 is 0 Å². The maximum Gasteiger partial charge on any atom is 0.416 e. The number of aromatic nitrogens is 1. The maximum atomic E-state index is 12.7. The van der Waals surface area contributed by atoms with Gasteiger partial charge in [-0.05, 0) is 60.2 Å². The summed E-state index contributed by atoms with van der Waals surface area (Å²) in [7, 11) is -2.44. The van der Waals surface area contributed by atoms with Gasteiger partial charge in [-0.25, -0.2) is 13.1 Å². The molecule has 9 heteroatoms. The fourth-order valence-corrected chi connectivity index (χ4v) is 3.68. The van der Waals surface area contributed by atoms with Crippen molar-refractivity contribution in [2.24, 2.45) is 0 Å². The number of sulfonamides is 1. The van der Waals surface area contributed by atoms with Gasteiger partial charge in [-0.3, -0.25) is 4.98 Å². The average molecular weight is 422 g/mol. The third-order valence-corrected chi connectivity index (χ3v) is 5.62. The number of nitrogens with zero attached hydrogens (tertiary/aromatic N) is 1. The van der Waals surface area contributed by atoms with E-state index in [1.807, 2.05) is 0 Å². The Morgan fingerprint density at radius 3 is 2.24 bits per heavy atom. The third-order valence-electron chi connectivity index (χ3n) is 4.20. The molecule has 3 rings (SSSR count). The first kappa shape index (κ1) is 20.8. The number of methoxy groups -OCH3 is 1. The van der Waals surface area contributed by atoms with Crippen molar-refractivity contribution < 1.29 is 26.3 Å². The van der Waals surface area contributed by atoms with Gasteiger partial charge in [0.25, 0.3) is 0 Å². The first-order valence-corrected chi connectivity index (χ1v) is 9.94. The van der Waals surface area contributed by atoms with Gasteiger partial charge in [-0.2, -0.15) is 13.2 Å². The number of nitrogens with one attached hydrogen (secondary N) is 1. The van der Waals surface area contributed by atoms with Crippen molar-refractivity contribution in [3.63, 3.8) is 0 Å². The van der Waals surface area contributed by atoms with Crippen LogP contribution in [0.2, 0.25) is 0 Å². The van der Waals surface area contributed by atoms with Crippen LogP contribution in [0.5, 0.6) is 5.75 Å². The average Bonchev–Trinajstić information content (AvgIpc) is 2.72. The van der Waals surface area contributed by atoms with Gasteiger partial charge in [0.2, 0.25) is 10.0 Å². The summed E-state index contributed by atoms with van der Waals surface area (Å²) in [4.78, 5) is 4.07. The number of rotatable bonds is 6. The van der Waals surface area contributed by atoms with E-state index in [0.717, 1.165) is 29.8 Å². The van der Waals surface area contributed by atoms with Gasteiger partial charge in [0.15, 0.2) is 0 Å². The number of alkyl halides is 3. The zero-order valence-electron chi connectivity index (χ0n) is 15.3. The van der Waals surface area contributed by atoms with Crippen molar-refractivity contribution in [3.05, 3.63) is 78.0 Å². The van der Waals surface area contributed by atoms with Gasteiger partial charge in [-0.15, -0.1) is 0 Å². The Hall–Kier alpha value is -2.91. The van der Waals surface area contributed by atoms with E-state index in [4.69, 9.17) is 4.74 Å². The number of ether oxygens (including phenoxy) is 1. The van der Waals surface area contributed by atoms with Crippen molar-refractivity contribution in [1.82, 2.24) is 9.71 Å². The highest BCUT2D eigenvalue weighted by molar-refractivity contribution is 7.89. The van der Waals surface area contributed by atoms with Crippen LogP contribution in [0.4, 0.5) is 13.2 Å². The number of halogens is 3. The molecule has 0 aliphatic rings. The van der Waals surface area contributed by atoms with Crippen LogP contribution in [-0.4, -0.2) is 20.5 Å². The van der Waals surface area contributed by atoms with E-state index in [1.165, 1.54) is 0 Å². The third kappa shape index (κ3) is 4.93. The van der Waals surface area contributed by atoms with Gasteiger partial charge in [-0.1, -0.05) is 6.07 Å². The van der Waals surface area contributed by atoms with Crippen LogP contribution < -0.4 is 9.46 Å². The maximum absolute atomic E-state index is 12.7. The molecule has 0 aliphatic carbocycles. The Morgan fingerprint density at radius 2 is 1.66 bits per heavy atom. The minimum absolute atomic E-state index is 0.0709. The predicted molar refractivity (Wildman–Crippen MR) is 102 cm³/mol. The lowest BCUT2D eigenvalue weighted by Crippen LogP contribution is -2.23. The van der Waals surface area contributed by atoms with Gasteiger partial charge >= 0.3 is 6.18 Å². The molecule has 152 valence electrons. The second kappa shape index (κ2) is 8.22. The number of pyridine rings is 1. The van der Waals surface area contributed by atoms with E-state index in [-0.39, 0.29) is 11.4 Å². The molecule has 0 spiro atoms. The zero-order valence-corrected chi connectivity index (χ0v) is 16.1. The minimum atomic E-state index is -4.53. The molecular weight excluding hydrogens is 405 g/mol. The quantitative estimate of drug-likeness (QED) is 0.645. The minimum Gasteiger partial charge on any atom is -0.497 e. The first-order valence-electron chi connectivity index (χ1n) is 8.46. The van der Waals surface area contributed by atoms with E-state index in [9.17, 15) is 21.6 Å². The number of hydrogen-bond donors (Lipinski definition) is 1. The molecule has 2 aromatic carbocycles. The van der Waals surface area contributed by atoms with Crippen LogP contribution in [0.1, 0.15) is 11.1 Å². The lowest BCUT2D eigenvalue weighted by atomic mass is 10.1. The van der Waals surface area contributed by atoms with Crippen LogP contribution >= 0.6 is 0 Å². The fraction of sp³-hybridized carbons (Fsp3) is 0.150. The Morgan fingerprint density at radius 1 is 1.00 bits per heavy atom. The summed E-state index contributed by atoms with van der Waals surface area (Å²) in [5.74, 6) is 0.675. The second-order valence-electron chi connectivity index (χ2n) is 6.09. The van der Waals surface area contributed by atoms with E-state index in [0.29, 0.717) is 17.0 Å². The summed E-state index contributed by atoms with van der Waals surface area (Å²) in [5, 5.41) is 0. The molecule has 0 atom stereocenters. The molecule has 5 nitrogen and oxygen atoms in total. The second-order valence-corrected chi connectivity index (χ2v) is 7.85. The molecule has 0 bridgehead atoms. The largest absolute Gasteiger partial charge is 0.497 e. The smallest absolute Gasteiger partial charge is 0.416 e. The molecule has 29 heavy (non-hydrogen) atoms. The standard InChI is InChI=1S/C20H17F3N2O3S/c1-28-17-8-4-14(5-9-17)19-15(3-2-12-24-19)13-25-29(26,27)18-10-6-16(7-11-18)20(21,22)23/h2-12,25H,13H2,1H3. The van der Waals surface area contributed by atoms with Gasteiger partial charge in [0.1, 0.15) is 5.75 Å². The van der Waals surface area contributed by atoms with Gasteiger partial charge in [0, 0.05) is 18.3 Å².